The average molecular weight is 328 g/mol. The summed E-state index contributed by atoms with van der Waals surface area (Å²) in [4.78, 5) is 9.23. The fraction of sp³-hybridized carbons (Fsp3) is 0.143. The smallest absolute Gasteiger partial charge is 0.160 e. The van der Waals surface area contributed by atoms with Crippen LogP contribution in [-0.4, -0.2) is 14.5 Å². The molecular weight excluding hydrogens is 308 g/mol. The van der Waals surface area contributed by atoms with Crippen molar-refractivity contribution in [2.75, 3.05) is 5.73 Å². The highest BCUT2D eigenvalue weighted by Gasteiger charge is 2.11. The highest BCUT2D eigenvalue weighted by molar-refractivity contribution is 5.76. The van der Waals surface area contributed by atoms with Gasteiger partial charge >= 0.3 is 0 Å². The summed E-state index contributed by atoms with van der Waals surface area (Å²) >= 11 is 0. The first-order chi connectivity index (χ1) is 12.1. The Balaban J connectivity index is 1.67. The van der Waals surface area contributed by atoms with Gasteiger partial charge in [-0.1, -0.05) is 54.6 Å². The molecule has 0 unspecified atom stereocenters. The number of nitrogens with zero attached hydrogens (tertiary/aromatic N) is 3. The van der Waals surface area contributed by atoms with Crippen molar-refractivity contribution in [1.82, 2.24) is 14.5 Å². The summed E-state index contributed by atoms with van der Waals surface area (Å²) in [6.45, 7) is 4.68. The van der Waals surface area contributed by atoms with Gasteiger partial charge in [0.05, 0.1) is 17.9 Å². The molecule has 2 N–H and O–H groups in total. The number of nitrogen functional groups attached to an aromatic ring is 1. The molecule has 2 aromatic heterocycles. The second kappa shape index (κ2) is 6.06. The lowest BCUT2D eigenvalue weighted by Crippen LogP contribution is -2.04. The molecule has 2 heterocycles. The lowest BCUT2D eigenvalue weighted by atomic mass is 10.0. The zero-order chi connectivity index (χ0) is 17.4. The fourth-order valence-corrected chi connectivity index (χ4v) is 3.07. The maximum Gasteiger partial charge on any atom is 0.160 e. The van der Waals surface area contributed by atoms with Crippen LogP contribution in [0.5, 0.6) is 0 Å². The summed E-state index contributed by atoms with van der Waals surface area (Å²) in [6, 6.07) is 21.0. The Labute approximate surface area is 147 Å². The third-order valence-electron chi connectivity index (χ3n) is 4.54. The molecule has 4 heteroatoms. The van der Waals surface area contributed by atoms with E-state index in [1.54, 1.807) is 0 Å². The molecule has 0 amide bonds. The highest BCUT2D eigenvalue weighted by atomic mass is 15.1. The molecule has 0 saturated heterocycles. The number of rotatable bonds is 3. The van der Waals surface area contributed by atoms with Gasteiger partial charge in [0.1, 0.15) is 11.3 Å². The molecule has 0 atom stereocenters. The highest BCUT2D eigenvalue weighted by Crippen LogP contribution is 2.22. The molecule has 0 bridgehead atoms. The van der Waals surface area contributed by atoms with Crippen molar-refractivity contribution in [2.24, 2.45) is 0 Å². The minimum Gasteiger partial charge on any atom is -0.397 e. The van der Waals surface area contributed by atoms with Crippen molar-refractivity contribution in [3.8, 4) is 11.1 Å². The number of nitrogens with two attached hydrogens (primary N) is 1. The Morgan fingerprint density at radius 3 is 2.28 bits per heavy atom. The lowest BCUT2D eigenvalue weighted by Gasteiger charge is -2.09. The monoisotopic (exact) mass is 328 g/mol. The van der Waals surface area contributed by atoms with Gasteiger partial charge in [-0.15, -0.1) is 0 Å². The van der Waals surface area contributed by atoms with Crippen LogP contribution < -0.4 is 5.73 Å². The van der Waals surface area contributed by atoms with E-state index in [1.807, 2.05) is 26.0 Å². The first kappa shape index (κ1) is 15.4. The summed E-state index contributed by atoms with van der Waals surface area (Å²) in [5.74, 6) is 0.944. The van der Waals surface area contributed by atoms with Gasteiger partial charge in [-0.2, -0.15) is 0 Å². The largest absolute Gasteiger partial charge is 0.397 e. The number of aryl methyl sites for hydroxylation is 2. The molecule has 0 spiro atoms. The normalized spacial score (nSPS) is 11.1. The van der Waals surface area contributed by atoms with Crippen molar-refractivity contribution < 1.29 is 0 Å². The van der Waals surface area contributed by atoms with Crippen molar-refractivity contribution in [3.05, 3.63) is 77.7 Å². The molecule has 25 heavy (non-hydrogen) atoms. The molecular formula is C21H20N4. The van der Waals surface area contributed by atoms with E-state index in [2.05, 4.69) is 63.1 Å². The van der Waals surface area contributed by atoms with E-state index >= 15 is 0 Å². The van der Waals surface area contributed by atoms with Gasteiger partial charge in [-0.05, 0) is 36.6 Å². The van der Waals surface area contributed by atoms with Crippen LogP contribution in [0.3, 0.4) is 0 Å². The van der Waals surface area contributed by atoms with Gasteiger partial charge in [0, 0.05) is 0 Å². The van der Waals surface area contributed by atoms with Gasteiger partial charge < -0.3 is 10.3 Å². The quantitative estimate of drug-likeness (QED) is 0.608. The Kier molecular flexibility index (Phi) is 3.73. The minimum atomic E-state index is 0.685. The molecule has 0 radical (unpaired) electrons. The van der Waals surface area contributed by atoms with E-state index in [4.69, 9.17) is 5.73 Å². The van der Waals surface area contributed by atoms with Gasteiger partial charge in [0.15, 0.2) is 5.65 Å². The van der Waals surface area contributed by atoms with Crippen LogP contribution in [0.15, 0.2) is 60.7 Å². The molecule has 4 rings (SSSR count). The van der Waals surface area contributed by atoms with Gasteiger partial charge in [-0.25, -0.2) is 9.97 Å². The summed E-state index contributed by atoms with van der Waals surface area (Å²) in [5.41, 5.74) is 12.9. The molecule has 124 valence electrons. The van der Waals surface area contributed by atoms with Crippen LogP contribution in [0.25, 0.3) is 22.3 Å². The summed E-state index contributed by atoms with van der Waals surface area (Å²) in [7, 11) is 0. The zero-order valence-electron chi connectivity index (χ0n) is 14.4. The van der Waals surface area contributed by atoms with Crippen molar-refractivity contribution in [1.29, 1.82) is 0 Å². The maximum atomic E-state index is 5.96. The SMILES string of the molecule is Cc1nc2c(cc1N)nc(C)n2Cc1ccc(-c2ccccc2)cc1. The summed E-state index contributed by atoms with van der Waals surface area (Å²) < 4.78 is 2.14. The molecule has 4 aromatic rings. The summed E-state index contributed by atoms with van der Waals surface area (Å²) in [5, 5.41) is 0. The van der Waals surface area contributed by atoms with Crippen LogP contribution in [0.4, 0.5) is 5.69 Å². The van der Waals surface area contributed by atoms with Crippen LogP contribution >= 0.6 is 0 Å². The van der Waals surface area contributed by atoms with Crippen molar-refractivity contribution in [2.45, 2.75) is 20.4 Å². The molecule has 0 saturated carbocycles. The number of aromatic nitrogens is 3. The maximum absolute atomic E-state index is 5.96. The number of pyridine rings is 1. The predicted octanol–water partition coefficient (Wildman–Crippen LogP) is 4.35. The average Bonchev–Trinajstić information content (AvgIpc) is 2.92. The standard InChI is InChI=1S/C21H20N4/c1-14-19(22)12-20-21(23-14)25(15(2)24-20)13-16-8-10-18(11-9-16)17-6-4-3-5-7-17/h3-12H,13,22H2,1-2H3. The number of hydrogen-bond donors (Lipinski definition) is 1. The molecule has 0 fully saturated rings. The van der Waals surface area contributed by atoms with E-state index in [9.17, 15) is 0 Å². The first-order valence-electron chi connectivity index (χ1n) is 8.36. The number of benzene rings is 2. The van der Waals surface area contributed by atoms with Gasteiger partial charge in [0.2, 0.25) is 0 Å². The predicted molar refractivity (Wildman–Crippen MR) is 102 cm³/mol. The minimum absolute atomic E-state index is 0.685. The van der Waals surface area contributed by atoms with Crippen LogP contribution in [0.2, 0.25) is 0 Å². The topological polar surface area (TPSA) is 56.7 Å². The van der Waals surface area contributed by atoms with Crippen molar-refractivity contribution >= 4 is 16.9 Å². The number of imidazole rings is 1. The number of anilines is 1. The van der Waals surface area contributed by atoms with Gasteiger partial charge in [-0.3, -0.25) is 0 Å². The molecule has 4 nitrogen and oxygen atoms in total. The number of fused-ring (bicyclic) bond motifs is 1. The van der Waals surface area contributed by atoms with E-state index in [1.165, 1.54) is 16.7 Å². The van der Waals surface area contributed by atoms with E-state index < -0.39 is 0 Å². The Hall–Kier alpha value is -3.14. The lowest BCUT2D eigenvalue weighted by molar-refractivity contribution is 0.776. The molecule has 2 aromatic carbocycles. The van der Waals surface area contributed by atoms with E-state index in [0.717, 1.165) is 29.2 Å². The fourth-order valence-electron chi connectivity index (χ4n) is 3.07. The third-order valence-corrected chi connectivity index (χ3v) is 4.54. The van der Waals surface area contributed by atoms with E-state index in [-0.39, 0.29) is 0 Å². The Morgan fingerprint density at radius 2 is 1.56 bits per heavy atom. The Bertz CT molecular complexity index is 1030. The first-order valence-corrected chi connectivity index (χ1v) is 8.36. The van der Waals surface area contributed by atoms with Crippen LogP contribution in [0, 0.1) is 13.8 Å². The summed E-state index contributed by atoms with van der Waals surface area (Å²) in [6.07, 6.45) is 0. The zero-order valence-corrected chi connectivity index (χ0v) is 14.4. The molecule has 0 aliphatic heterocycles. The van der Waals surface area contributed by atoms with Crippen LogP contribution in [-0.2, 0) is 6.54 Å². The molecule has 0 aliphatic rings. The van der Waals surface area contributed by atoms with Crippen LogP contribution in [0.1, 0.15) is 17.1 Å². The number of hydrogen-bond acceptors (Lipinski definition) is 3. The Morgan fingerprint density at radius 1 is 0.880 bits per heavy atom. The second-order valence-electron chi connectivity index (χ2n) is 6.31. The van der Waals surface area contributed by atoms with Crippen molar-refractivity contribution in [3.63, 3.8) is 0 Å². The molecule has 0 aliphatic carbocycles. The van der Waals surface area contributed by atoms with Gasteiger partial charge in [0.25, 0.3) is 0 Å². The van der Waals surface area contributed by atoms with E-state index in [0.29, 0.717) is 5.69 Å². The third kappa shape index (κ3) is 2.87. The second-order valence-corrected chi connectivity index (χ2v) is 6.31.